The van der Waals surface area contributed by atoms with Crippen LogP contribution in [0.2, 0.25) is 0 Å². The van der Waals surface area contributed by atoms with Crippen LogP contribution in [0, 0.1) is 0 Å². The van der Waals surface area contributed by atoms with E-state index >= 15 is 0 Å². The third kappa shape index (κ3) is 16.3. The van der Waals surface area contributed by atoms with E-state index in [-0.39, 0.29) is 19.2 Å². The molecule has 0 aromatic heterocycles. The van der Waals surface area contributed by atoms with Gasteiger partial charge in [0.15, 0.2) is 0 Å². The number of nitrogens with one attached hydrogen (secondary N) is 2. The molecule has 152 valence electrons. The number of unbranched alkanes of at least 4 members (excludes halogenated alkanes) is 1. The van der Waals surface area contributed by atoms with Gasteiger partial charge in [-0.25, -0.2) is 14.4 Å². The lowest BCUT2D eigenvalue weighted by molar-refractivity contribution is -0.192. The lowest BCUT2D eigenvalue weighted by Crippen LogP contribution is -2.44. The SMILES string of the molecule is CCOC(=O)NC(=NCCCCN)NC(=O)OCC.O=C(O)C(F)(F)F. The van der Waals surface area contributed by atoms with Crippen LogP contribution in [0.25, 0.3) is 0 Å². The van der Waals surface area contributed by atoms with Crippen LogP contribution in [-0.4, -0.2) is 61.7 Å². The summed E-state index contributed by atoms with van der Waals surface area (Å²) in [5, 5.41) is 11.8. The number of rotatable bonds is 6. The summed E-state index contributed by atoms with van der Waals surface area (Å²) in [5.74, 6) is -2.75. The zero-order valence-corrected chi connectivity index (χ0v) is 14.4. The van der Waals surface area contributed by atoms with Crippen LogP contribution in [0.3, 0.4) is 0 Å². The Kier molecular flexibility index (Phi) is 14.6. The molecule has 0 aliphatic carbocycles. The number of carboxylic acids is 1. The number of amides is 2. The first-order valence-electron chi connectivity index (χ1n) is 7.50. The Balaban J connectivity index is 0. The molecule has 0 rings (SSSR count). The fourth-order valence-corrected chi connectivity index (χ4v) is 1.09. The van der Waals surface area contributed by atoms with Gasteiger partial charge in [-0.05, 0) is 33.2 Å². The number of alkyl carbamates (subject to hydrolysis) is 2. The minimum atomic E-state index is -5.08. The number of alkyl halides is 3. The predicted octanol–water partition coefficient (Wildman–Crippen LogP) is 1.21. The Morgan fingerprint density at radius 2 is 1.46 bits per heavy atom. The first-order chi connectivity index (χ1) is 12.1. The van der Waals surface area contributed by atoms with Crippen molar-refractivity contribution in [2.45, 2.75) is 32.9 Å². The number of carbonyl (C=O) groups excluding carboxylic acids is 2. The Bertz CT molecular complexity index is 449. The van der Waals surface area contributed by atoms with Crippen LogP contribution >= 0.6 is 0 Å². The van der Waals surface area contributed by atoms with Gasteiger partial charge in [0.1, 0.15) is 0 Å². The quantitative estimate of drug-likeness (QED) is 0.303. The molecule has 26 heavy (non-hydrogen) atoms. The monoisotopic (exact) mass is 388 g/mol. The molecule has 5 N–H and O–H groups in total. The molecule has 0 aromatic rings. The minimum absolute atomic E-state index is 0.00826. The predicted molar refractivity (Wildman–Crippen MR) is 84.6 cm³/mol. The summed E-state index contributed by atoms with van der Waals surface area (Å²) in [6.07, 6.45) is -4.88. The average molecular weight is 388 g/mol. The summed E-state index contributed by atoms with van der Waals surface area (Å²) >= 11 is 0. The van der Waals surface area contributed by atoms with Crippen LogP contribution in [0.1, 0.15) is 26.7 Å². The largest absolute Gasteiger partial charge is 0.490 e. The number of carbonyl (C=O) groups is 3. The molecule has 0 radical (unpaired) electrons. The molecule has 0 saturated heterocycles. The van der Waals surface area contributed by atoms with Gasteiger partial charge >= 0.3 is 24.3 Å². The highest BCUT2D eigenvalue weighted by Gasteiger charge is 2.38. The fourth-order valence-electron chi connectivity index (χ4n) is 1.09. The van der Waals surface area contributed by atoms with Crippen molar-refractivity contribution >= 4 is 24.1 Å². The van der Waals surface area contributed by atoms with Gasteiger partial charge in [-0.2, -0.15) is 13.2 Å². The van der Waals surface area contributed by atoms with Gasteiger partial charge in [-0.15, -0.1) is 0 Å². The molecule has 10 nitrogen and oxygen atoms in total. The molecule has 2 amide bonds. The molecule has 0 aliphatic heterocycles. The smallest absolute Gasteiger partial charge is 0.475 e. The highest BCUT2D eigenvalue weighted by molar-refractivity contribution is 6.01. The molecule has 0 spiro atoms. The second-order valence-corrected chi connectivity index (χ2v) is 4.22. The molecule has 0 aliphatic rings. The highest BCUT2D eigenvalue weighted by Crippen LogP contribution is 2.13. The zero-order valence-electron chi connectivity index (χ0n) is 14.4. The molecular weight excluding hydrogens is 365 g/mol. The molecular formula is C13H23F3N4O6. The molecule has 0 atom stereocenters. The van der Waals surface area contributed by atoms with Crippen molar-refractivity contribution in [2.24, 2.45) is 10.7 Å². The van der Waals surface area contributed by atoms with E-state index in [1.807, 2.05) is 0 Å². The number of nitrogens with two attached hydrogens (primary N) is 1. The number of aliphatic imine (C=N–C) groups is 1. The first kappa shape index (κ1) is 25.7. The molecule has 0 saturated carbocycles. The van der Waals surface area contributed by atoms with Crippen molar-refractivity contribution in [1.82, 2.24) is 10.6 Å². The number of hydrogen-bond acceptors (Lipinski definition) is 7. The molecule has 0 heterocycles. The summed E-state index contributed by atoms with van der Waals surface area (Å²) in [6, 6.07) is 0. The summed E-state index contributed by atoms with van der Waals surface area (Å²) in [7, 11) is 0. The standard InChI is InChI=1S/C11H22N4O4.C2HF3O2/c1-3-18-10(16)14-9(13-8-6-5-7-12)15-11(17)19-4-2;3-2(4,5)1(6)7/h3-8,12H2,1-2H3,(H2,13,14,15,16,17);(H,6,7). The number of nitrogens with zero attached hydrogens (tertiary/aromatic N) is 1. The maximum absolute atomic E-state index is 11.3. The van der Waals surface area contributed by atoms with Crippen molar-refractivity contribution < 1.29 is 42.1 Å². The van der Waals surface area contributed by atoms with Gasteiger partial charge in [0.2, 0.25) is 5.96 Å². The highest BCUT2D eigenvalue weighted by atomic mass is 19.4. The summed E-state index contributed by atoms with van der Waals surface area (Å²) < 4.78 is 41.1. The van der Waals surface area contributed by atoms with Gasteiger partial charge in [0.05, 0.1) is 13.2 Å². The molecule has 13 heteroatoms. The molecule has 0 bridgehead atoms. The molecule has 0 fully saturated rings. The minimum Gasteiger partial charge on any atom is -0.475 e. The third-order valence-electron chi connectivity index (χ3n) is 2.12. The van der Waals surface area contributed by atoms with Crippen LogP contribution in [0.5, 0.6) is 0 Å². The van der Waals surface area contributed by atoms with Crippen LogP contribution in [0.15, 0.2) is 4.99 Å². The lowest BCUT2D eigenvalue weighted by Gasteiger charge is -2.10. The van der Waals surface area contributed by atoms with E-state index in [0.29, 0.717) is 13.1 Å². The maximum Gasteiger partial charge on any atom is 0.490 e. The van der Waals surface area contributed by atoms with Crippen molar-refractivity contribution in [3.63, 3.8) is 0 Å². The number of hydrogen-bond donors (Lipinski definition) is 4. The number of aliphatic carboxylic acids is 1. The van der Waals surface area contributed by atoms with Gasteiger partial charge < -0.3 is 20.3 Å². The van der Waals surface area contributed by atoms with Gasteiger partial charge in [-0.3, -0.25) is 15.6 Å². The number of ether oxygens (including phenoxy) is 2. The van der Waals surface area contributed by atoms with Crippen molar-refractivity contribution in [3.8, 4) is 0 Å². The second-order valence-electron chi connectivity index (χ2n) is 4.22. The Morgan fingerprint density at radius 1 is 1.04 bits per heavy atom. The van der Waals surface area contributed by atoms with E-state index in [0.717, 1.165) is 12.8 Å². The van der Waals surface area contributed by atoms with Crippen LogP contribution in [0.4, 0.5) is 22.8 Å². The summed E-state index contributed by atoms with van der Waals surface area (Å²) in [6.45, 7) is 4.82. The van der Waals surface area contributed by atoms with Crippen LogP contribution in [-0.2, 0) is 14.3 Å². The van der Waals surface area contributed by atoms with E-state index in [1.54, 1.807) is 13.8 Å². The Morgan fingerprint density at radius 3 is 1.77 bits per heavy atom. The van der Waals surface area contributed by atoms with E-state index in [1.165, 1.54) is 0 Å². The van der Waals surface area contributed by atoms with E-state index in [4.69, 9.17) is 25.1 Å². The third-order valence-corrected chi connectivity index (χ3v) is 2.12. The summed E-state index contributed by atoms with van der Waals surface area (Å²) in [5.41, 5.74) is 5.36. The molecule has 0 unspecified atom stereocenters. The number of halogens is 3. The number of guanidine groups is 1. The second kappa shape index (κ2) is 14.7. The Hall–Kier alpha value is -2.57. The van der Waals surface area contributed by atoms with E-state index < -0.39 is 24.3 Å². The van der Waals surface area contributed by atoms with E-state index in [2.05, 4.69) is 15.6 Å². The molecule has 0 aromatic carbocycles. The normalized spacial score (nSPS) is 9.92. The lowest BCUT2D eigenvalue weighted by atomic mass is 10.3. The van der Waals surface area contributed by atoms with Crippen molar-refractivity contribution in [3.05, 3.63) is 0 Å². The van der Waals surface area contributed by atoms with Crippen molar-refractivity contribution in [2.75, 3.05) is 26.3 Å². The average Bonchev–Trinajstić information content (AvgIpc) is 2.51. The maximum atomic E-state index is 11.3. The van der Waals surface area contributed by atoms with Crippen molar-refractivity contribution in [1.29, 1.82) is 0 Å². The van der Waals surface area contributed by atoms with E-state index in [9.17, 15) is 22.8 Å². The fraction of sp³-hybridized carbons (Fsp3) is 0.692. The van der Waals surface area contributed by atoms with Gasteiger partial charge in [-0.1, -0.05) is 0 Å². The first-order valence-corrected chi connectivity index (χ1v) is 7.50. The van der Waals surface area contributed by atoms with Crippen LogP contribution < -0.4 is 16.4 Å². The Labute approximate surface area is 147 Å². The van der Waals surface area contributed by atoms with Gasteiger partial charge in [0.25, 0.3) is 0 Å². The van der Waals surface area contributed by atoms with Gasteiger partial charge in [0, 0.05) is 6.54 Å². The zero-order chi connectivity index (χ0) is 20.6. The number of carboxylic acid groups (broad SMARTS) is 1. The topological polar surface area (TPSA) is 152 Å². The summed E-state index contributed by atoms with van der Waals surface area (Å²) in [4.78, 5) is 35.4.